The van der Waals surface area contributed by atoms with Crippen molar-refractivity contribution in [2.45, 2.75) is 44.7 Å². The first-order valence-corrected chi connectivity index (χ1v) is 7.20. The van der Waals surface area contributed by atoms with Crippen molar-refractivity contribution in [1.82, 2.24) is 4.90 Å². The van der Waals surface area contributed by atoms with Gasteiger partial charge in [0.2, 0.25) is 0 Å². The van der Waals surface area contributed by atoms with Crippen molar-refractivity contribution in [2.24, 2.45) is 5.73 Å². The summed E-state index contributed by atoms with van der Waals surface area (Å²) >= 11 is 0. The van der Waals surface area contributed by atoms with E-state index >= 15 is 0 Å². The lowest BCUT2D eigenvalue weighted by atomic mass is 9.86. The van der Waals surface area contributed by atoms with E-state index in [2.05, 4.69) is 30.9 Å². The van der Waals surface area contributed by atoms with E-state index in [4.69, 9.17) is 10.5 Å². The molecule has 1 aromatic rings. The summed E-state index contributed by atoms with van der Waals surface area (Å²) in [4.78, 5) is 2.53. The predicted octanol–water partition coefficient (Wildman–Crippen LogP) is 2.96. The first-order valence-electron chi connectivity index (χ1n) is 7.20. The Hall–Kier alpha value is -1.06. The molecule has 19 heavy (non-hydrogen) atoms. The highest BCUT2D eigenvalue weighted by molar-refractivity contribution is 5.30. The Morgan fingerprint density at radius 2 is 1.68 bits per heavy atom. The molecule has 2 N–H and O–H groups in total. The lowest BCUT2D eigenvalue weighted by molar-refractivity contribution is 0.0730. The van der Waals surface area contributed by atoms with E-state index in [1.807, 2.05) is 12.1 Å². The van der Waals surface area contributed by atoms with Gasteiger partial charge in [0, 0.05) is 11.6 Å². The zero-order valence-corrected chi connectivity index (χ0v) is 12.4. The van der Waals surface area contributed by atoms with Gasteiger partial charge in [-0.1, -0.05) is 18.6 Å². The average Bonchev–Trinajstić information content (AvgIpc) is 2.47. The fraction of sp³-hybridized carbons (Fsp3) is 0.625. The van der Waals surface area contributed by atoms with E-state index in [0.717, 1.165) is 18.8 Å². The largest absolute Gasteiger partial charge is 0.497 e. The number of benzene rings is 1. The number of hydrogen-bond donors (Lipinski definition) is 1. The number of ether oxygens (including phenoxy) is 1. The number of nitrogens with zero attached hydrogens (tertiary/aromatic N) is 1. The number of likely N-dealkylation sites (tertiary alicyclic amines) is 1. The van der Waals surface area contributed by atoms with Gasteiger partial charge in [-0.3, -0.25) is 4.90 Å². The summed E-state index contributed by atoms with van der Waals surface area (Å²) in [7, 11) is 1.69. The van der Waals surface area contributed by atoms with Gasteiger partial charge < -0.3 is 10.5 Å². The molecule has 0 bridgehead atoms. The molecule has 1 heterocycles. The molecule has 0 aliphatic carbocycles. The van der Waals surface area contributed by atoms with E-state index in [0.29, 0.717) is 0 Å². The monoisotopic (exact) mass is 262 g/mol. The second-order valence-corrected chi connectivity index (χ2v) is 5.95. The molecule has 0 radical (unpaired) electrons. The molecule has 1 atom stereocenters. The summed E-state index contributed by atoms with van der Waals surface area (Å²) in [6.07, 6.45) is 3.93. The number of piperidine rings is 1. The van der Waals surface area contributed by atoms with Gasteiger partial charge >= 0.3 is 0 Å². The molecule has 0 saturated carbocycles. The van der Waals surface area contributed by atoms with Crippen LogP contribution < -0.4 is 10.5 Å². The van der Waals surface area contributed by atoms with Crippen LogP contribution in [0.25, 0.3) is 0 Å². The van der Waals surface area contributed by atoms with Crippen molar-refractivity contribution < 1.29 is 4.74 Å². The number of rotatable bonds is 4. The lowest BCUT2D eigenvalue weighted by Crippen LogP contribution is -2.53. The summed E-state index contributed by atoms with van der Waals surface area (Å²) < 4.78 is 5.20. The first-order chi connectivity index (χ1) is 9.05. The third-order valence-corrected chi connectivity index (χ3v) is 4.41. The Kier molecular flexibility index (Phi) is 4.48. The number of hydrogen-bond acceptors (Lipinski definition) is 3. The molecule has 0 aromatic heterocycles. The molecular weight excluding hydrogens is 236 g/mol. The minimum Gasteiger partial charge on any atom is -0.497 e. The third-order valence-electron chi connectivity index (χ3n) is 4.41. The molecule has 0 spiro atoms. The molecule has 3 nitrogen and oxygen atoms in total. The smallest absolute Gasteiger partial charge is 0.118 e. The van der Waals surface area contributed by atoms with Crippen LogP contribution in [0.2, 0.25) is 0 Å². The highest BCUT2D eigenvalue weighted by atomic mass is 16.5. The van der Waals surface area contributed by atoms with Crippen molar-refractivity contribution >= 4 is 0 Å². The van der Waals surface area contributed by atoms with Crippen LogP contribution in [-0.2, 0) is 0 Å². The zero-order valence-electron chi connectivity index (χ0n) is 12.4. The fourth-order valence-electron chi connectivity index (χ4n) is 2.89. The molecule has 106 valence electrons. The minimum atomic E-state index is -0.00495. The van der Waals surface area contributed by atoms with Gasteiger partial charge in [-0.2, -0.15) is 0 Å². The van der Waals surface area contributed by atoms with E-state index < -0.39 is 0 Å². The molecule has 1 aromatic carbocycles. The highest BCUT2D eigenvalue weighted by Crippen LogP contribution is 2.32. The van der Waals surface area contributed by atoms with Crippen LogP contribution in [0, 0.1) is 0 Å². The summed E-state index contributed by atoms with van der Waals surface area (Å²) in [6.45, 7) is 6.84. The minimum absolute atomic E-state index is 0.00495. The number of methoxy groups -OCH3 is 1. The molecule has 1 saturated heterocycles. The Morgan fingerprint density at radius 1 is 1.11 bits per heavy atom. The molecule has 3 heteroatoms. The molecule has 1 aliphatic rings. The van der Waals surface area contributed by atoms with E-state index in [-0.39, 0.29) is 11.6 Å². The Morgan fingerprint density at radius 3 is 2.21 bits per heavy atom. The summed E-state index contributed by atoms with van der Waals surface area (Å²) in [5.74, 6) is 0.881. The van der Waals surface area contributed by atoms with Crippen LogP contribution in [-0.4, -0.2) is 30.6 Å². The maximum Gasteiger partial charge on any atom is 0.118 e. The van der Waals surface area contributed by atoms with Crippen LogP contribution in [0.4, 0.5) is 0 Å². The molecule has 1 aliphatic heterocycles. The van der Waals surface area contributed by atoms with E-state index in [1.165, 1.54) is 24.8 Å². The molecule has 1 unspecified atom stereocenters. The van der Waals surface area contributed by atoms with E-state index in [9.17, 15) is 0 Å². The van der Waals surface area contributed by atoms with E-state index in [1.54, 1.807) is 7.11 Å². The summed E-state index contributed by atoms with van der Waals surface area (Å²) in [5.41, 5.74) is 7.68. The van der Waals surface area contributed by atoms with Gasteiger partial charge in [0.25, 0.3) is 0 Å². The number of nitrogens with two attached hydrogens (primary N) is 1. The third kappa shape index (κ3) is 3.10. The van der Waals surface area contributed by atoms with Crippen molar-refractivity contribution in [3.63, 3.8) is 0 Å². The van der Waals surface area contributed by atoms with Crippen LogP contribution in [0.5, 0.6) is 5.75 Å². The van der Waals surface area contributed by atoms with Crippen molar-refractivity contribution in [1.29, 1.82) is 0 Å². The molecule has 1 fully saturated rings. The maximum atomic E-state index is 6.51. The van der Waals surface area contributed by atoms with Gasteiger partial charge in [0.15, 0.2) is 0 Å². The molecular formula is C16H26N2O. The van der Waals surface area contributed by atoms with Gasteiger partial charge in [0.1, 0.15) is 5.75 Å². The second kappa shape index (κ2) is 5.93. The second-order valence-electron chi connectivity index (χ2n) is 5.95. The standard InChI is InChI=1S/C16H26N2O/c1-16(2,18-11-5-4-6-12-18)15(17)13-7-9-14(19-3)10-8-13/h7-10,15H,4-6,11-12,17H2,1-3H3. The Balaban J connectivity index is 2.13. The normalized spacial score (nSPS) is 19.2. The van der Waals surface area contributed by atoms with Crippen molar-refractivity contribution in [2.75, 3.05) is 20.2 Å². The molecule has 0 amide bonds. The molecule has 2 rings (SSSR count). The maximum absolute atomic E-state index is 6.51. The quantitative estimate of drug-likeness (QED) is 0.906. The summed E-state index contributed by atoms with van der Waals surface area (Å²) in [5, 5.41) is 0. The Bertz CT molecular complexity index is 394. The first kappa shape index (κ1) is 14.4. The van der Waals surface area contributed by atoms with Gasteiger partial charge in [-0.25, -0.2) is 0 Å². The zero-order chi connectivity index (χ0) is 13.9. The van der Waals surface area contributed by atoms with Gasteiger partial charge in [-0.15, -0.1) is 0 Å². The van der Waals surface area contributed by atoms with Gasteiger partial charge in [-0.05, 0) is 57.5 Å². The van der Waals surface area contributed by atoms with Crippen LogP contribution in [0.3, 0.4) is 0 Å². The average molecular weight is 262 g/mol. The lowest BCUT2D eigenvalue weighted by Gasteiger charge is -2.44. The predicted molar refractivity (Wildman–Crippen MR) is 79.4 cm³/mol. The van der Waals surface area contributed by atoms with Crippen molar-refractivity contribution in [3.05, 3.63) is 29.8 Å². The van der Waals surface area contributed by atoms with Gasteiger partial charge in [0.05, 0.1) is 7.11 Å². The van der Waals surface area contributed by atoms with Crippen molar-refractivity contribution in [3.8, 4) is 5.75 Å². The topological polar surface area (TPSA) is 38.5 Å². The summed E-state index contributed by atoms with van der Waals surface area (Å²) in [6, 6.07) is 8.16. The van der Waals surface area contributed by atoms with Crippen LogP contribution in [0.15, 0.2) is 24.3 Å². The SMILES string of the molecule is COc1ccc(C(N)C(C)(C)N2CCCCC2)cc1. The van der Waals surface area contributed by atoms with Crippen LogP contribution in [0.1, 0.15) is 44.7 Å². The van der Waals surface area contributed by atoms with Crippen LogP contribution >= 0.6 is 0 Å². The Labute approximate surface area is 116 Å². The fourth-order valence-corrected chi connectivity index (χ4v) is 2.89. The highest BCUT2D eigenvalue weighted by Gasteiger charge is 2.34.